The molecule has 0 fully saturated rings. The molecule has 166 valence electrons. The number of ether oxygens (including phenoxy) is 2. The molecule has 11 heteroatoms. The van der Waals surface area contributed by atoms with E-state index in [-0.39, 0.29) is 11.6 Å². The van der Waals surface area contributed by atoms with Gasteiger partial charge in [0.15, 0.2) is 0 Å². The fraction of sp³-hybridized carbons (Fsp3) is 0.150. The number of rotatable bonds is 4. The third-order valence-electron chi connectivity index (χ3n) is 4.43. The van der Waals surface area contributed by atoms with Crippen molar-refractivity contribution in [3.63, 3.8) is 0 Å². The van der Waals surface area contributed by atoms with Crippen LogP contribution >= 0.6 is 22.2 Å². The van der Waals surface area contributed by atoms with Crippen LogP contribution in [-0.2, 0) is 0 Å². The number of likely N-dealkylation sites (N-methyl/N-ethyl adjacent to an activating group) is 1. The molecule has 0 saturated carbocycles. The highest BCUT2D eigenvalue weighted by Crippen LogP contribution is 3.02. The lowest BCUT2D eigenvalue weighted by molar-refractivity contribution is 0.296. The second kappa shape index (κ2) is 7.01. The van der Waals surface area contributed by atoms with E-state index >= 15 is 0 Å². The van der Waals surface area contributed by atoms with Crippen LogP contribution in [0.3, 0.4) is 0 Å². The summed E-state index contributed by atoms with van der Waals surface area (Å²) in [6, 6.07) is 11.3. The van der Waals surface area contributed by atoms with Gasteiger partial charge in [0, 0.05) is 18.3 Å². The van der Waals surface area contributed by atoms with Gasteiger partial charge >= 0.3 is 10.2 Å². The van der Waals surface area contributed by atoms with E-state index in [4.69, 9.17) is 9.47 Å². The van der Waals surface area contributed by atoms with Gasteiger partial charge in [-0.05, 0) is 73.1 Å². The molecule has 0 bridgehead atoms. The number of pyridine rings is 1. The molecule has 4 nitrogen and oxygen atoms in total. The number of fused-ring (bicyclic) bond motifs is 1. The number of hydrogen-bond acceptors (Lipinski definition) is 5. The van der Waals surface area contributed by atoms with Crippen LogP contribution < -0.4 is 9.47 Å². The molecule has 1 aromatic heterocycles. The van der Waals surface area contributed by atoms with Gasteiger partial charge in [0.05, 0.1) is 4.90 Å². The van der Waals surface area contributed by atoms with Crippen LogP contribution in [0.5, 0.6) is 17.4 Å². The molecule has 31 heavy (non-hydrogen) atoms. The number of hydrogen-bond donors (Lipinski definition) is 0. The molecule has 0 aliphatic carbocycles. The molecule has 3 aromatic rings. The predicted octanol–water partition coefficient (Wildman–Crippen LogP) is 7.53. The van der Waals surface area contributed by atoms with E-state index in [0.717, 1.165) is 34.9 Å². The van der Waals surface area contributed by atoms with Crippen molar-refractivity contribution in [2.45, 2.75) is 9.79 Å². The zero-order valence-corrected chi connectivity index (χ0v) is 17.7. The lowest BCUT2D eigenvalue weighted by Crippen LogP contribution is -2.14. The van der Waals surface area contributed by atoms with Gasteiger partial charge in [-0.2, -0.15) is 0 Å². The third kappa shape index (κ3) is 5.05. The summed E-state index contributed by atoms with van der Waals surface area (Å²) in [4.78, 5) is 3.08. The smallest absolute Gasteiger partial charge is 0.310 e. The van der Waals surface area contributed by atoms with Gasteiger partial charge in [0.25, 0.3) is 0 Å². The Hall–Kier alpha value is -2.50. The average molecular weight is 476 g/mol. The number of benzene rings is 2. The van der Waals surface area contributed by atoms with E-state index in [1.807, 2.05) is 29.6 Å². The Balaban J connectivity index is 1.65. The van der Waals surface area contributed by atoms with E-state index in [0.29, 0.717) is 24.3 Å². The molecule has 1 aliphatic heterocycles. The molecule has 4 rings (SSSR count). The van der Waals surface area contributed by atoms with Crippen molar-refractivity contribution in [1.82, 2.24) is 9.29 Å². The molecular weight excluding hydrogens is 459 g/mol. The lowest BCUT2D eigenvalue weighted by atomic mass is 10.1. The Bertz CT molecular complexity index is 1130. The number of aromatic nitrogens is 1. The maximum Gasteiger partial charge on any atom is 0.310 e. The highest BCUT2D eigenvalue weighted by atomic mass is 32.5. The molecular formula is C20H17F5N2O2S2. The number of halogens is 5. The van der Waals surface area contributed by atoms with Crippen molar-refractivity contribution in [2.24, 2.45) is 0 Å². The summed E-state index contributed by atoms with van der Waals surface area (Å²) < 4.78 is 78.0. The molecule has 0 amide bonds. The maximum atomic E-state index is 12.9. The molecule has 0 spiro atoms. The standard InChI is InChI=1S/C20H17F5N2O2S2/c1-27-11-12-28-18-9-4-14(13-19(18)30-27)17-3-2-10-26-20(17)29-15-5-7-16(8-6-15)31(21,22,23,24)25/h2-10,13H,11-12H2,1H3. The minimum atomic E-state index is -9.74. The van der Waals surface area contributed by atoms with E-state index in [9.17, 15) is 19.4 Å². The second-order valence-electron chi connectivity index (χ2n) is 6.85. The fourth-order valence-electron chi connectivity index (χ4n) is 2.93. The molecule has 2 heterocycles. The zero-order chi connectivity index (χ0) is 22.3. The van der Waals surface area contributed by atoms with Gasteiger partial charge in [0.1, 0.15) is 23.0 Å². The minimum Gasteiger partial charge on any atom is -0.491 e. The van der Waals surface area contributed by atoms with Crippen LogP contribution in [0.15, 0.2) is 70.6 Å². The Morgan fingerprint density at radius 1 is 1.03 bits per heavy atom. The highest BCUT2D eigenvalue weighted by Gasteiger charge is 2.65. The molecule has 0 atom stereocenters. The van der Waals surface area contributed by atoms with E-state index in [1.54, 1.807) is 12.1 Å². The van der Waals surface area contributed by atoms with Crippen molar-refractivity contribution in [3.05, 3.63) is 60.8 Å². The predicted molar refractivity (Wildman–Crippen MR) is 112 cm³/mol. The van der Waals surface area contributed by atoms with Crippen molar-refractivity contribution < 1.29 is 28.9 Å². The van der Waals surface area contributed by atoms with E-state index in [1.165, 1.54) is 18.1 Å². The monoisotopic (exact) mass is 476 g/mol. The Labute approximate surface area is 179 Å². The molecule has 1 aliphatic rings. The van der Waals surface area contributed by atoms with E-state index < -0.39 is 15.1 Å². The zero-order valence-electron chi connectivity index (χ0n) is 16.1. The van der Waals surface area contributed by atoms with Crippen LogP contribution in [0.25, 0.3) is 11.1 Å². The van der Waals surface area contributed by atoms with Crippen LogP contribution in [0, 0.1) is 0 Å². The van der Waals surface area contributed by atoms with Crippen molar-refractivity contribution in [2.75, 3.05) is 20.2 Å². The van der Waals surface area contributed by atoms with Gasteiger partial charge in [-0.15, -0.1) is 0 Å². The van der Waals surface area contributed by atoms with Gasteiger partial charge < -0.3 is 9.47 Å². The summed E-state index contributed by atoms with van der Waals surface area (Å²) in [5, 5.41) is 0. The summed E-state index contributed by atoms with van der Waals surface area (Å²) in [7, 11) is -7.79. The first-order valence-electron chi connectivity index (χ1n) is 9.02. The second-order valence-corrected chi connectivity index (χ2v) is 10.5. The summed E-state index contributed by atoms with van der Waals surface area (Å²) in [6.07, 6.45) is 1.47. The van der Waals surface area contributed by atoms with Crippen LogP contribution in [-0.4, -0.2) is 29.5 Å². The Kier molecular flexibility index (Phi) is 4.91. The van der Waals surface area contributed by atoms with Crippen molar-refractivity contribution in [1.29, 1.82) is 0 Å². The van der Waals surface area contributed by atoms with Crippen LogP contribution in [0.1, 0.15) is 0 Å². The third-order valence-corrected chi connectivity index (χ3v) is 6.60. The summed E-state index contributed by atoms with van der Waals surface area (Å²) in [6.45, 7) is 1.32. The Morgan fingerprint density at radius 3 is 2.48 bits per heavy atom. The van der Waals surface area contributed by atoms with E-state index in [2.05, 4.69) is 4.98 Å². The summed E-state index contributed by atoms with van der Waals surface area (Å²) >= 11 is 1.53. The van der Waals surface area contributed by atoms with Crippen molar-refractivity contribution >= 4 is 22.2 Å². The molecule has 0 radical (unpaired) electrons. The summed E-state index contributed by atoms with van der Waals surface area (Å²) in [5.74, 6) is 0.837. The first kappa shape index (κ1) is 21.7. The molecule has 0 unspecified atom stereocenters. The average Bonchev–Trinajstić information content (AvgIpc) is 2.87. The SMILES string of the molecule is CN1CCOc2ccc(-c3cccnc3Oc3ccc(S(F)(F)(F)(F)F)cc3)cc2S1. The first-order valence-corrected chi connectivity index (χ1v) is 11.7. The molecule has 2 aromatic carbocycles. The maximum absolute atomic E-state index is 12.9. The number of nitrogens with zero attached hydrogens (tertiary/aromatic N) is 2. The van der Waals surface area contributed by atoms with Gasteiger partial charge in [-0.1, -0.05) is 25.5 Å². The molecule has 0 N–H and O–H groups in total. The minimum absolute atomic E-state index is 0.0437. The largest absolute Gasteiger partial charge is 0.491 e. The molecule has 0 saturated heterocycles. The van der Waals surface area contributed by atoms with Crippen LogP contribution in [0.4, 0.5) is 19.4 Å². The lowest BCUT2D eigenvalue weighted by Gasteiger charge is -2.40. The van der Waals surface area contributed by atoms with Gasteiger partial charge in [-0.3, -0.25) is 0 Å². The van der Waals surface area contributed by atoms with Gasteiger partial charge in [0.2, 0.25) is 5.88 Å². The first-order chi connectivity index (χ1) is 14.4. The summed E-state index contributed by atoms with van der Waals surface area (Å²) in [5.41, 5.74) is 1.35. The quantitative estimate of drug-likeness (QED) is 0.287. The fourth-order valence-corrected chi connectivity index (χ4v) is 4.48. The van der Waals surface area contributed by atoms with Gasteiger partial charge in [-0.25, -0.2) is 9.29 Å². The van der Waals surface area contributed by atoms with Crippen LogP contribution in [0.2, 0.25) is 0 Å². The Morgan fingerprint density at radius 2 is 1.77 bits per heavy atom. The topological polar surface area (TPSA) is 34.6 Å². The highest BCUT2D eigenvalue weighted by molar-refractivity contribution is 8.45. The normalized spacial score (nSPS) is 17.0. The van der Waals surface area contributed by atoms with Crippen molar-refractivity contribution in [3.8, 4) is 28.5 Å².